The normalized spacial score (nSPS) is 15.5. The highest BCUT2D eigenvalue weighted by atomic mass is 19.1. The van der Waals surface area contributed by atoms with Crippen LogP contribution in [-0.2, 0) is 0 Å². The molecule has 11 heteroatoms. The molecule has 230 valence electrons. The van der Waals surface area contributed by atoms with Gasteiger partial charge in [-0.05, 0) is 25.0 Å². The number of aromatic carboxylic acids is 1. The van der Waals surface area contributed by atoms with Gasteiger partial charge in [-0.15, -0.1) is 0 Å². The highest BCUT2D eigenvalue weighted by Gasteiger charge is 2.28. The molecule has 2 N–H and O–H groups in total. The number of aromatic hydroxyl groups is 1. The van der Waals surface area contributed by atoms with Crippen LogP contribution in [0.2, 0.25) is 0 Å². The summed E-state index contributed by atoms with van der Waals surface area (Å²) in [6, 6.07) is 16.5. The Bertz CT molecular complexity index is 2060. The van der Waals surface area contributed by atoms with Crippen molar-refractivity contribution in [1.82, 2.24) is 9.47 Å². The molecule has 0 amide bonds. The summed E-state index contributed by atoms with van der Waals surface area (Å²) in [6.45, 7) is 3.29. The van der Waals surface area contributed by atoms with Crippen LogP contribution in [0.4, 0.5) is 10.1 Å². The Hall–Kier alpha value is -5.16. The number of hydrogen-bond donors (Lipinski definition) is 2. The second kappa shape index (κ2) is 11.4. The number of carboxylic acid groups (broad SMARTS) is 1. The molecule has 2 aromatic heterocycles. The minimum Gasteiger partial charge on any atom is -0.507 e. The molecule has 0 atom stereocenters. The Balaban J connectivity index is 1.02. The van der Waals surface area contributed by atoms with Gasteiger partial charge in [-0.2, -0.15) is 0 Å². The number of rotatable bonds is 8. The van der Waals surface area contributed by atoms with Gasteiger partial charge in [0, 0.05) is 74.1 Å². The summed E-state index contributed by atoms with van der Waals surface area (Å²) < 4.78 is 29.0. The van der Waals surface area contributed by atoms with Crippen LogP contribution in [0.15, 0.2) is 80.9 Å². The van der Waals surface area contributed by atoms with Gasteiger partial charge in [0.1, 0.15) is 46.2 Å². The number of nitrogens with zero attached hydrogens (tertiary/aromatic N) is 3. The van der Waals surface area contributed by atoms with Crippen molar-refractivity contribution in [2.45, 2.75) is 18.9 Å². The van der Waals surface area contributed by atoms with Crippen LogP contribution in [0.25, 0.3) is 33.2 Å². The summed E-state index contributed by atoms with van der Waals surface area (Å²) in [5, 5.41) is 20.2. The number of fused-ring (bicyclic) bond motifs is 2. The lowest BCUT2D eigenvalue weighted by molar-refractivity contribution is 0.0694. The second-order valence-electron chi connectivity index (χ2n) is 11.5. The number of halogens is 1. The lowest BCUT2D eigenvalue weighted by atomic mass is 10.1. The smallest absolute Gasteiger partial charge is 0.341 e. The van der Waals surface area contributed by atoms with Gasteiger partial charge in [-0.3, -0.25) is 14.5 Å². The molecule has 2 aliphatic rings. The molecule has 2 fully saturated rings. The van der Waals surface area contributed by atoms with Crippen molar-refractivity contribution >= 4 is 33.5 Å². The van der Waals surface area contributed by atoms with Crippen molar-refractivity contribution in [2.24, 2.45) is 0 Å². The first-order valence-corrected chi connectivity index (χ1v) is 14.8. The number of phenolic OH excluding ortho intramolecular Hbond substituents is 1. The number of hydrogen-bond acceptors (Lipinski definition) is 8. The topological polar surface area (TPSA) is 125 Å². The Kier molecular flexibility index (Phi) is 7.25. The van der Waals surface area contributed by atoms with Crippen molar-refractivity contribution in [3.05, 3.63) is 98.7 Å². The molecule has 1 aliphatic heterocycles. The van der Waals surface area contributed by atoms with E-state index >= 15 is 4.39 Å². The summed E-state index contributed by atoms with van der Waals surface area (Å²) in [5.41, 5.74) is 0.535. The number of pyridine rings is 1. The van der Waals surface area contributed by atoms with E-state index in [1.165, 1.54) is 24.4 Å². The van der Waals surface area contributed by atoms with Gasteiger partial charge < -0.3 is 28.8 Å². The van der Waals surface area contributed by atoms with Gasteiger partial charge in [0.05, 0.1) is 11.2 Å². The highest BCUT2D eigenvalue weighted by Crippen LogP contribution is 2.38. The van der Waals surface area contributed by atoms with E-state index in [0.29, 0.717) is 62.0 Å². The van der Waals surface area contributed by atoms with Crippen molar-refractivity contribution < 1.29 is 28.6 Å². The van der Waals surface area contributed by atoms with Crippen molar-refractivity contribution in [1.29, 1.82) is 0 Å². The highest BCUT2D eigenvalue weighted by molar-refractivity contribution is 5.93. The number of benzene rings is 3. The van der Waals surface area contributed by atoms with Gasteiger partial charge >= 0.3 is 5.97 Å². The molecule has 0 radical (unpaired) electrons. The summed E-state index contributed by atoms with van der Waals surface area (Å²) in [7, 11) is 0. The average Bonchev–Trinajstić information content (AvgIpc) is 3.87. The molecular formula is C34H30FN3O7. The van der Waals surface area contributed by atoms with E-state index < -0.39 is 17.2 Å². The Morgan fingerprint density at radius 3 is 2.47 bits per heavy atom. The molecule has 0 spiro atoms. The molecule has 3 aromatic carbocycles. The Morgan fingerprint density at radius 2 is 1.76 bits per heavy atom. The number of aromatic nitrogens is 1. The fourth-order valence-electron chi connectivity index (χ4n) is 5.98. The van der Waals surface area contributed by atoms with Gasteiger partial charge in [-0.1, -0.05) is 30.3 Å². The maximum absolute atomic E-state index is 15.3. The van der Waals surface area contributed by atoms with Crippen molar-refractivity contribution in [3.8, 4) is 22.8 Å². The minimum absolute atomic E-state index is 0.0779. The molecule has 45 heavy (non-hydrogen) atoms. The molecule has 10 nitrogen and oxygen atoms in total. The SMILES string of the molecule is O=C(O)c1cn(C2CC2)c2cc(N3CCN(CCOc4cc(O)c5c(=O)cc(-c6ccccc6)oc5c4)CC3)c(F)cc2c1=O. The van der Waals surface area contributed by atoms with E-state index in [4.69, 9.17) is 9.15 Å². The maximum Gasteiger partial charge on any atom is 0.341 e. The standard InChI is InChI=1S/C34H30FN3O7/c35-25-16-23-26(38(21-6-7-21)19-24(33(23)41)34(42)43)17-27(25)37-10-8-36(9-11-37)12-13-44-22-14-28(39)32-29(40)18-30(45-31(32)15-22)20-4-2-1-3-5-20/h1-5,14-19,21,39H,6-13H2,(H,42,43). The third kappa shape index (κ3) is 5.51. The Labute approximate surface area is 256 Å². The van der Waals surface area contributed by atoms with Crippen LogP contribution in [0.3, 0.4) is 0 Å². The van der Waals surface area contributed by atoms with E-state index in [1.54, 1.807) is 16.7 Å². The second-order valence-corrected chi connectivity index (χ2v) is 11.5. The van der Waals surface area contributed by atoms with Crippen LogP contribution in [0, 0.1) is 5.82 Å². The van der Waals surface area contributed by atoms with E-state index in [9.17, 15) is 24.6 Å². The first-order valence-electron chi connectivity index (χ1n) is 14.8. The molecule has 5 aromatic rings. The number of carbonyl (C=O) groups is 1. The van der Waals surface area contributed by atoms with Crippen molar-refractivity contribution in [3.63, 3.8) is 0 Å². The molecule has 0 unspecified atom stereocenters. The lowest BCUT2D eigenvalue weighted by Crippen LogP contribution is -2.47. The molecule has 1 saturated carbocycles. The zero-order valence-electron chi connectivity index (χ0n) is 24.2. The van der Waals surface area contributed by atoms with Crippen LogP contribution >= 0.6 is 0 Å². The average molecular weight is 612 g/mol. The predicted molar refractivity (Wildman–Crippen MR) is 167 cm³/mol. The number of carboxylic acids is 1. The van der Waals surface area contributed by atoms with E-state index in [2.05, 4.69) is 4.90 Å². The zero-order chi connectivity index (χ0) is 31.2. The molecule has 1 saturated heterocycles. The number of ether oxygens (including phenoxy) is 1. The lowest BCUT2D eigenvalue weighted by Gasteiger charge is -2.36. The minimum atomic E-state index is -1.32. The summed E-state index contributed by atoms with van der Waals surface area (Å²) in [4.78, 5) is 41.3. The number of anilines is 1. The third-order valence-corrected chi connectivity index (χ3v) is 8.50. The van der Waals surface area contributed by atoms with Gasteiger partial charge in [0.2, 0.25) is 5.43 Å². The molecular weight excluding hydrogens is 581 g/mol. The maximum atomic E-state index is 15.3. The van der Waals surface area contributed by atoms with Gasteiger partial charge in [0.15, 0.2) is 5.43 Å². The third-order valence-electron chi connectivity index (χ3n) is 8.50. The predicted octanol–water partition coefficient (Wildman–Crippen LogP) is 4.85. The zero-order valence-corrected chi connectivity index (χ0v) is 24.2. The monoisotopic (exact) mass is 611 g/mol. The van der Waals surface area contributed by atoms with Crippen LogP contribution in [0.5, 0.6) is 11.5 Å². The molecule has 3 heterocycles. The fourth-order valence-corrected chi connectivity index (χ4v) is 5.98. The fraction of sp³-hybridized carbons (Fsp3) is 0.265. The van der Waals surface area contributed by atoms with Crippen molar-refractivity contribution in [2.75, 3.05) is 44.2 Å². The van der Waals surface area contributed by atoms with Crippen LogP contribution in [-0.4, -0.2) is 65.0 Å². The first-order chi connectivity index (χ1) is 21.8. The molecule has 1 aliphatic carbocycles. The molecule has 7 rings (SSSR count). The van der Waals surface area contributed by atoms with E-state index in [1.807, 2.05) is 35.2 Å². The van der Waals surface area contributed by atoms with Gasteiger partial charge in [0.25, 0.3) is 0 Å². The summed E-state index contributed by atoms with van der Waals surface area (Å²) in [5.74, 6) is -1.32. The van der Waals surface area contributed by atoms with Crippen LogP contribution < -0.4 is 20.5 Å². The summed E-state index contributed by atoms with van der Waals surface area (Å²) in [6.07, 6.45) is 3.15. The van der Waals surface area contributed by atoms with E-state index in [-0.39, 0.29) is 39.1 Å². The molecule has 0 bridgehead atoms. The first kappa shape index (κ1) is 28.6. The number of phenols is 1. The quantitative estimate of drug-likeness (QED) is 0.253. The summed E-state index contributed by atoms with van der Waals surface area (Å²) >= 11 is 0. The van der Waals surface area contributed by atoms with E-state index in [0.717, 1.165) is 18.4 Å². The van der Waals surface area contributed by atoms with Crippen LogP contribution in [0.1, 0.15) is 29.2 Å². The Morgan fingerprint density at radius 1 is 1.00 bits per heavy atom. The largest absolute Gasteiger partial charge is 0.507 e. The van der Waals surface area contributed by atoms with Gasteiger partial charge in [-0.25, -0.2) is 9.18 Å². The number of piperazine rings is 1.